The van der Waals surface area contributed by atoms with Crippen LogP contribution in [0, 0.1) is 0 Å². The summed E-state index contributed by atoms with van der Waals surface area (Å²) in [4.78, 5) is 18.6. The maximum Gasteiger partial charge on any atom is 0.220 e. The summed E-state index contributed by atoms with van der Waals surface area (Å²) in [6.45, 7) is 0.747. The van der Waals surface area contributed by atoms with Gasteiger partial charge in [-0.1, -0.05) is 11.6 Å². The van der Waals surface area contributed by atoms with Crippen molar-refractivity contribution >= 4 is 5.91 Å². The molecule has 2 rings (SSSR count). The standard InChI is InChI=1S/C14H21N3O/c18-14(8-7-12-4-1-2-5-12)16-9-3-6-13-10-15-11-17-13/h4,10-11H,1-3,5-9H2,(H,15,17)(H,16,18). The van der Waals surface area contributed by atoms with Crippen LogP contribution in [0.1, 0.15) is 44.2 Å². The molecule has 0 saturated heterocycles. The Labute approximate surface area is 108 Å². The van der Waals surface area contributed by atoms with Crippen LogP contribution in [0.25, 0.3) is 0 Å². The molecule has 0 bridgehead atoms. The smallest absolute Gasteiger partial charge is 0.220 e. The number of amides is 1. The molecule has 0 unspecified atom stereocenters. The van der Waals surface area contributed by atoms with E-state index in [1.54, 1.807) is 6.33 Å². The summed E-state index contributed by atoms with van der Waals surface area (Å²) in [6.07, 6.45) is 12.9. The largest absolute Gasteiger partial charge is 0.356 e. The number of aryl methyl sites for hydroxylation is 1. The maximum atomic E-state index is 11.6. The van der Waals surface area contributed by atoms with Gasteiger partial charge >= 0.3 is 0 Å². The molecule has 1 aliphatic rings. The average Bonchev–Trinajstić information content (AvgIpc) is 3.04. The molecule has 0 atom stereocenters. The lowest BCUT2D eigenvalue weighted by molar-refractivity contribution is -0.121. The van der Waals surface area contributed by atoms with Gasteiger partial charge in [0.2, 0.25) is 5.91 Å². The molecule has 1 aliphatic carbocycles. The molecule has 1 amide bonds. The van der Waals surface area contributed by atoms with Crippen LogP contribution in [0.2, 0.25) is 0 Å². The Morgan fingerprint density at radius 2 is 2.39 bits per heavy atom. The van der Waals surface area contributed by atoms with E-state index in [1.165, 1.54) is 24.8 Å². The highest BCUT2D eigenvalue weighted by Crippen LogP contribution is 2.21. The lowest BCUT2D eigenvalue weighted by Crippen LogP contribution is -2.24. The molecule has 0 radical (unpaired) electrons. The van der Waals surface area contributed by atoms with Gasteiger partial charge in [-0.15, -0.1) is 0 Å². The van der Waals surface area contributed by atoms with Gasteiger partial charge in [-0.3, -0.25) is 4.79 Å². The topological polar surface area (TPSA) is 57.8 Å². The first-order valence-corrected chi connectivity index (χ1v) is 6.76. The van der Waals surface area contributed by atoms with Crippen LogP contribution in [-0.2, 0) is 11.2 Å². The van der Waals surface area contributed by atoms with E-state index in [-0.39, 0.29) is 5.91 Å². The molecular formula is C14H21N3O. The highest BCUT2D eigenvalue weighted by atomic mass is 16.1. The van der Waals surface area contributed by atoms with Crippen LogP contribution >= 0.6 is 0 Å². The highest BCUT2D eigenvalue weighted by Gasteiger charge is 2.07. The molecule has 4 nitrogen and oxygen atoms in total. The molecule has 0 aromatic carbocycles. The van der Waals surface area contributed by atoms with Crippen molar-refractivity contribution in [2.75, 3.05) is 6.54 Å². The first-order valence-electron chi connectivity index (χ1n) is 6.76. The molecule has 0 spiro atoms. The first-order chi connectivity index (χ1) is 8.84. The van der Waals surface area contributed by atoms with Gasteiger partial charge in [-0.05, 0) is 38.5 Å². The SMILES string of the molecule is O=C(CCC1=CCCC1)NCCCc1cnc[nH]1. The number of H-pyrrole nitrogens is 1. The zero-order valence-electron chi connectivity index (χ0n) is 10.7. The number of aromatic nitrogens is 2. The van der Waals surface area contributed by atoms with E-state index in [0.717, 1.165) is 31.5 Å². The average molecular weight is 247 g/mol. The summed E-state index contributed by atoms with van der Waals surface area (Å²) in [7, 11) is 0. The van der Waals surface area contributed by atoms with Gasteiger partial charge in [-0.25, -0.2) is 4.98 Å². The van der Waals surface area contributed by atoms with Crippen LogP contribution in [0.5, 0.6) is 0 Å². The minimum absolute atomic E-state index is 0.174. The van der Waals surface area contributed by atoms with Crippen LogP contribution in [0.4, 0.5) is 0 Å². The molecule has 1 aromatic rings. The number of nitrogens with zero attached hydrogens (tertiary/aromatic N) is 1. The summed E-state index contributed by atoms with van der Waals surface area (Å²) < 4.78 is 0. The van der Waals surface area contributed by atoms with Gasteiger partial charge in [-0.2, -0.15) is 0 Å². The van der Waals surface area contributed by atoms with Gasteiger partial charge in [0.25, 0.3) is 0 Å². The molecule has 0 aliphatic heterocycles. The third-order valence-corrected chi connectivity index (χ3v) is 3.31. The van der Waals surface area contributed by atoms with Crippen molar-refractivity contribution < 1.29 is 4.79 Å². The Morgan fingerprint density at radius 3 is 3.11 bits per heavy atom. The Bertz CT molecular complexity index is 395. The minimum Gasteiger partial charge on any atom is -0.356 e. The van der Waals surface area contributed by atoms with Crippen LogP contribution in [-0.4, -0.2) is 22.4 Å². The molecule has 0 fully saturated rings. The summed E-state index contributed by atoms with van der Waals surface area (Å²) in [5.41, 5.74) is 2.59. The molecule has 98 valence electrons. The van der Waals surface area contributed by atoms with Crippen molar-refractivity contribution in [2.24, 2.45) is 0 Å². The summed E-state index contributed by atoms with van der Waals surface area (Å²) >= 11 is 0. The minimum atomic E-state index is 0.174. The van der Waals surface area contributed by atoms with Gasteiger partial charge < -0.3 is 10.3 Å². The number of hydrogen-bond donors (Lipinski definition) is 2. The van der Waals surface area contributed by atoms with Gasteiger partial charge in [0, 0.05) is 24.9 Å². The second-order valence-electron chi connectivity index (χ2n) is 4.78. The van der Waals surface area contributed by atoms with E-state index in [1.807, 2.05) is 6.20 Å². The number of imidazole rings is 1. The van der Waals surface area contributed by atoms with E-state index < -0.39 is 0 Å². The second-order valence-corrected chi connectivity index (χ2v) is 4.78. The van der Waals surface area contributed by atoms with Crippen LogP contribution in [0.3, 0.4) is 0 Å². The molecule has 2 N–H and O–H groups in total. The van der Waals surface area contributed by atoms with E-state index >= 15 is 0 Å². The Hall–Kier alpha value is -1.58. The number of hydrogen-bond acceptors (Lipinski definition) is 2. The lowest BCUT2D eigenvalue weighted by atomic mass is 10.1. The van der Waals surface area contributed by atoms with Crippen molar-refractivity contribution in [3.05, 3.63) is 29.9 Å². The van der Waals surface area contributed by atoms with E-state index in [0.29, 0.717) is 6.42 Å². The van der Waals surface area contributed by atoms with Crippen molar-refractivity contribution in [2.45, 2.75) is 44.9 Å². The molecule has 18 heavy (non-hydrogen) atoms. The quantitative estimate of drug-likeness (QED) is 0.574. The zero-order valence-corrected chi connectivity index (χ0v) is 10.7. The Morgan fingerprint density at radius 1 is 1.44 bits per heavy atom. The van der Waals surface area contributed by atoms with Gasteiger partial charge in [0.1, 0.15) is 0 Å². The number of carbonyl (C=O) groups is 1. The van der Waals surface area contributed by atoms with Crippen LogP contribution in [0.15, 0.2) is 24.2 Å². The normalized spacial score (nSPS) is 14.6. The predicted molar refractivity (Wildman–Crippen MR) is 71.1 cm³/mol. The predicted octanol–water partition coefficient (Wildman–Crippen LogP) is 2.35. The Balaban J connectivity index is 1.52. The van der Waals surface area contributed by atoms with Crippen LogP contribution < -0.4 is 5.32 Å². The number of rotatable bonds is 7. The fourth-order valence-electron chi connectivity index (χ4n) is 2.25. The molecule has 1 aromatic heterocycles. The fourth-order valence-corrected chi connectivity index (χ4v) is 2.25. The maximum absolute atomic E-state index is 11.6. The number of aromatic amines is 1. The van der Waals surface area contributed by atoms with Crippen molar-refractivity contribution in [1.82, 2.24) is 15.3 Å². The lowest BCUT2D eigenvalue weighted by Gasteiger charge is -2.05. The Kier molecular flexibility index (Phi) is 5.00. The van der Waals surface area contributed by atoms with Crippen molar-refractivity contribution in [3.63, 3.8) is 0 Å². The van der Waals surface area contributed by atoms with E-state index in [9.17, 15) is 4.79 Å². The van der Waals surface area contributed by atoms with E-state index in [4.69, 9.17) is 0 Å². The summed E-state index contributed by atoms with van der Waals surface area (Å²) in [6, 6.07) is 0. The van der Waals surface area contributed by atoms with Crippen molar-refractivity contribution in [3.8, 4) is 0 Å². The molecular weight excluding hydrogens is 226 g/mol. The van der Waals surface area contributed by atoms with Gasteiger partial charge in [0.15, 0.2) is 0 Å². The number of allylic oxidation sites excluding steroid dienone is 2. The zero-order chi connectivity index (χ0) is 12.6. The summed E-state index contributed by atoms with van der Waals surface area (Å²) in [5, 5.41) is 2.97. The second kappa shape index (κ2) is 6.99. The van der Waals surface area contributed by atoms with E-state index in [2.05, 4.69) is 21.4 Å². The van der Waals surface area contributed by atoms with Gasteiger partial charge in [0.05, 0.1) is 6.33 Å². The molecule has 4 heteroatoms. The first kappa shape index (κ1) is 12.9. The molecule has 1 heterocycles. The molecule has 0 saturated carbocycles. The fraction of sp³-hybridized carbons (Fsp3) is 0.571. The van der Waals surface area contributed by atoms with Crippen molar-refractivity contribution in [1.29, 1.82) is 0 Å². The number of carbonyl (C=O) groups excluding carboxylic acids is 1. The summed E-state index contributed by atoms with van der Waals surface area (Å²) in [5.74, 6) is 0.174. The number of nitrogens with one attached hydrogen (secondary N) is 2. The third-order valence-electron chi connectivity index (χ3n) is 3.31. The monoisotopic (exact) mass is 247 g/mol. The third kappa shape index (κ3) is 4.35. The highest BCUT2D eigenvalue weighted by molar-refractivity contribution is 5.76.